The molecule has 0 spiro atoms. The van der Waals surface area contributed by atoms with Gasteiger partial charge < -0.3 is 15.6 Å². The highest BCUT2D eigenvalue weighted by Gasteiger charge is 2.57. The number of nitrogens with two attached hydrogens (primary N) is 1. The van der Waals surface area contributed by atoms with Gasteiger partial charge in [0.15, 0.2) is 23.1 Å². The van der Waals surface area contributed by atoms with Crippen LogP contribution in [0.4, 0.5) is 4.79 Å². The van der Waals surface area contributed by atoms with E-state index in [0.29, 0.717) is 16.0 Å². The number of carbonyl (C=O) groups excluding carboxylic acids is 5. The van der Waals surface area contributed by atoms with Gasteiger partial charge in [-0.05, 0) is 49.5 Å². The smallest absolute Gasteiger partial charge is 0.328 e. The molecule has 10 heteroatoms. The number of nitrogens with zero attached hydrogens (tertiary/aromatic N) is 1. The van der Waals surface area contributed by atoms with Crippen molar-refractivity contribution in [3.63, 3.8) is 0 Å². The molecule has 180 valence electrons. The summed E-state index contributed by atoms with van der Waals surface area (Å²) in [6, 6.07) is 1.89. The maximum absolute atomic E-state index is 13.3. The van der Waals surface area contributed by atoms with E-state index in [4.69, 9.17) is 22.1 Å². The number of carbonyl (C=O) groups is 5. The molecule has 1 aliphatic heterocycles. The van der Waals surface area contributed by atoms with E-state index in [2.05, 4.69) is 0 Å². The number of rotatable bonds is 2. The van der Waals surface area contributed by atoms with Crippen molar-refractivity contribution in [1.82, 2.24) is 4.90 Å². The van der Waals surface area contributed by atoms with E-state index in [0.717, 1.165) is 0 Å². The van der Waals surface area contributed by atoms with Crippen LogP contribution in [0.2, 0.25) is 5.02 Å². The number of primary amides is 1. The van der Waals surface area contributed by atoms with E-state index in [9.17, 15) is 29.1 Å². The van der Waals surface area contributed by atoms with Crippen LogP contribution in [0.5, 0.6) is 11.5 Å². The molecule has 35 heavy (non-hydrogen) atoms. The summed E-state index contributed by atoms with van der Waals surface area (Å²) >= 11 is 6.26. The summed E-state index contributed by atoms with van der Waals surface area (Å²) in [5, 5.41) is 10.2. The summed E-state index contributed by atoms with van der Waals surface area (Å²) in [5.41, 5.74) is 7.30. The SMILES string of the molecule is COc1cc(C2C3=CCC4C(=O)N(C(N)=O)C(=O)C4C3CC3=C2C(=O)C(C)=CC3=O)cc(Cl)c1O. The third-order valence-corrected chi connectivity index (χ3v) is 7.68. The maximum Gasteiger partial charge on any atom is 0.328 e. The fourth-order valence-corrected chi connectivity index (χ4v) is 6.09. The van der Waals surface area contributed by atoms with Gasteiger partial charge in [0.05, 0.1) is 24.0 Å². The Morgan fingerprint density at radius 2 is 1.89 bits per heavy atom. The minimum absolute atomic E-state index is 0.00761. The number of urea groups is 1. The molecule has 4 aliphatic rings. The van der Waals surface area contributed by atoms with Crippen LogP contribution in [-0.2, 0) is 19.2 Å². The Balaban J connectivity index is 1.73. The predicted molar refractivity (Wildman–Crippen MR) is 122 cm³/mol. The summed E-state index contributed by atoms with van der Waals surface area (Å²) < 4.78 is 5.25. The Morgan fingerprint density at radius 3 is 2.54 bits per heavy atom. The van der Waals surface area contributed by atoms with Crippen molar-refractivity contribution in [3.8, 4) is 11.5 Å². The van der Waals surface area contributed by atoms with Gasteiger partial charge in [-0.25, -0.2) is 4.79 Å². The summed E-state index contributed by atoms with van der Waals surface area (Å²) in [7, 11) is 1.36. The molecule has 5 rings (SSSR count). The molecular formula is C25H21ClN2O7. The van der Waals surface area contributed by atoms with E-state index in [-0.39, 0.29) is 57.6 Å². The van der Waals surface area contributed by atoms with Gasteiger partial charge in [0.25, 0.3) is 0 Å². The molecule has 9 nitrogen and oxygen atoms in total. The van der Waals surface area contributed by atoms with Crippen LogP contribution < -0.4 is 10.5 Å². The lowest BCUT2D eigenvalue weighted by Crippen LogP contribution is -2.42. The largest absolute Gasteiger partial charge is 0.503 e. The molecule has 1 aromatic carbocycles. The van der Waals surface area contributed by atoms with Gasteiger partial charge >= 0.3 is 6.03 Å². The fourth-order valence-electron chi connectivity index (χ4n) is 5.87. The van der Waals surface area contributed by atoms with Crippen molar-refractivity contribution in [3.05, 3.63) is 57.2 Å². The average molecular weight is 497 g/mol. The minimum Gasteiger partial charge on any atom is -0.503 e. The van der Waals surface area contributed by atoms with Crippen molar-refractivity contribution in [1.29, 1.82) is 0 Å². The van der Waals surface area contributed by atoms with Gasteiger partial charge in [0, 0.05) is 22.6 Å². The lowest BCUT2D eigenvalue weighted by Gasteiger charge is -2.42. The Bertz CT molecular complexity index is 1360. The lowest BCUT2D eigenvalue weighted by atomic mass is 9.59. The molecule has 1 heterocycles. The van der Waals surface area contributed by atoms with Crippen molar-refractivity contribution >= 4 is 41.0 Å². The average Bonchev–Trinajstić information content (AvgIpc) is 3.08. The number of halogens is 1. The number of hydrogen-bond donors (Lipinski definition) is 2. The van der Waals surface area contributed by atoms with E-state index >= 15 is 0 Å². The Labute approximate surface area is 204 Å². The van der Waals surface area contributed by atoms with E-state index in [1.165, 1.54) is 25.3 Å². The number of likely N-dealkylation sites (tertiary alicyclic amines) is 1. The van der Waals surface area contributed by atoms with Crippen LogP contribution in [0.1, 0.15) is 31.2 Å². The van der Waals surface area contributed by atoms with Gasteiger partial charge in [-0.2, -0.15) is 4.90 Å². The van der Waals surface area contributed by atoms with E-state index < -0.39 is 41.5 Å². The second-order valence-corrected chi connectivity index (χ2v) is 9.54. The number of allylic oxidation sites excluding steroid dienone is 6. The summed E-state index contributed by atoms with van der Waals surface area (Å²) in [5.74, 6) is -5.24. The molecule has 4 unspecified atom stereocenters. The molecule has 1 aromatic rings. The zero-order valence-corrected chi connectivity index (χ0v) is 19.6. The Morgan fingerprint density at radius 1 is 1.17 bits per heavy atom. The number of ether oxygens (including phenoxy) is 1. The maximum atomic E-state index is 13.3. The van der Waals surface area contributed by atoms with E-state index in [1.807, 2.05) is 0 Å². The van der Waals surface area contributed by atoms with Crippen molar-refractivity contribution < 1.29 is 33.8 Å². The summed E-state index contributed by atoms with van der Waals surface area (Å²) in [6.45, 7) is 1.56. The molecule has 0 saturated carbocycles. The summed E-state index contributed by atoms with van der Waals surface area (Å²) in [6.07, 6.45) is 3.31. The third-order valence-electron chi connectivity index (χ3n) is 7.39. The number of imide groups is 3. The fraction of sp³-hybridized carbons (Fsp3) is 0.320. The molecule has 0 aromatic heterocycles. The first-order chi connectivity index (χ1) is 16.6. The number of aromatic hydroxyl groups is 1. The number of ketones is 2. The Hall–Kier alpha value is -3.72. The number of phenolic OH excluding ortho intramolecular Hbond substituents is 1. The van der Waals surface area contributed by atoms with Crippen LogP contribution in [0.25, 0.3) is 0 Å². The molecular weight excluding hydrogens is 476 g/mol. The molecule has 4 atom stereocenters. The zero-order chi connectivity index (χ0) is 25.3. The molecule has 3 aliphatic carbocycles. The van der Waals surface area contributed by atoms with Crippen molar-refractivity contribution in [2.75, 3.05) is 7.11 Å². The number of phenols is 1. The number of Topliss-reactive ketones (excluding diaryl/α,β-unsaturated/α-hetero) is 1. The highest BCUT2D eigenvalue weighted by Crippen LogP contribution is 2.56. The highest BCUT2D eigenvalue weighted by molar-refractivity contribution is 6.32. The van der Waals surface area contributed by atoms with Crippen molar-refractivity contribution in [2.24, 2.45) is 23.5 Å². The van der Waals surface area contributed by atoms with Crippen molar-refractivity contribution in [2.45, 2.75) is 25.7 Å². The molecule has 4 amide bonds. The third kappa shape index (κ3) is 3.18. The van der Waals surface area contributed by atoms with Crippen LogP contribution in [0.3, 0.4) is 0 Å². The number of hydrogen-bond acceptors (Lipinski definition) is 7. The molecule has 1 fully saturated rings. The first-order valence-electron chi connectivity index (χ1n) is 11.0. The number of amides is 4. The van der Waals surface area contributed by atoms with Gasteiger partial charge in [0.1, 0.15) is 0 Å². The summed E-state index contributed by atoms with van der Waals surface area (Å²) in [4.78, 5) is 64.7. The second kappa shape index (κ2) is 7.91. The standard InChI is InChI=1S/C25H21ClN2O7/c1-9-5-16(29)14-8-13-11(3-4-12-19(13)24(33)28(23(12)32)25(27)34)18(20(14)21(9)30)10-6-15(26)22(31)17(7-10)35-2/h3,5-7,12-13,18-19,31H,4,8H2,1-2H3,(H2,27,34). The number of methoxy groups -OCH3 is 1. The van der Waals surface area contributed by atoms with Crippen LogP contribution >= 0.6 is 11.6 Å². The van der Waals surface area contributed by atoms with Gasteiger partial charge in [-0.15, -0.1) is 0 Å². The van der Waals surface area contributed by atoms with Gasteiger partial charge in [-0.3, -0.25) is 19.2 Å². The van der Waals surface area contributed by atoms with Crippen LogP contribution in [0.15, 0.2) is 46.6 Å². The number of benzene rings is 1. The van der Waals surface area contributed by atoms with Crippen LogP contribution in [-0.4, -0.2) is 46.5 Å². The second-order valence-electron chi connectivity index (χ2n) is 9.13. The lowest BCUT2D eigenvalue weighted by molar-refractivity contribution is -0.136. The van der Waals surface area contributed by atoms with E-state index in [1.54, 1.807) is 13.0 Å². The number of fused-ring (bicyclic) bond motifs is 3. The van der Waals surface area contributed by atoms with Gasteiger partial charge in [-0.1, -0.05) is 23.3 Å². The first-order valence-corrected chi connectivity index (χ1v) is 11.4. The van der Waals surface area contributed by atoms with Gasteiger partial charge in [0.2, 0.25) is 11.8 Å². The van der Waals surface area contributed by atoms with Crippen LogP contribution in [0, 0.1) is 17.8 Å². The predicted octanol–water partition coefficient (Wildman–Crippen LogP) is 2.56. The monoisotopic (exact) mass is 496 g/mol. The first kappa shape index (κ1) is 23.0. The molecule has 1 saturated heterocycles. The minimum atomic E-state index is -1.14. The molecule has 0 radical (unpaired) electrons. The quantitative estimate of drug-likeness (QED) is 0.363. The molecule has 3 N–H and O–H groups in total. The normalized spacial score (nSPS) is 27.8. The Kier molecular flexibility index (Phi) is 5.21. The molecule has 0 bridgehead atoms. The highest BCUT2D eigenvalue weighted by atomic mass is 35.5. The topological polar surface area (TPSA) is 144 Å². The zero-order valence-electron chi connectivity index (χ0n) is 18.8.